The lowest BCUT2D eigenvalue weighted by Gasteiger charge is -2.04. The first-order valence-electron chi connectivity index (χ1n) is 7.19. The average Bonchev–Trinajstić information content (AvgIpc) is 3.11. The number of hydrogen-bond donors (Lipinski definition) is 1. The summed E-state index contributed by atoms with van der Waals surface area (Å²) in [6.45, 7) is 0. The monoisotopic (exact) mass is 370 g/mol. The molecule has 0 saturated carbocycles. The number of aromatic nitrogens is 1. The summed E-state index contributed by atoms with van der Waals surface area (Å²) in [5.41, 5.74) is 3.72. The van der Waals surface area contributed by atoms with E-state index in [2.05, 4.69) is 4.99 Å². The number of halogens is 1. The number of aromatic hydroxyl groups is 1. The van der Waals surface area contributed by atoms with Gasteiger partial charge in [0.25, 0.3) is 0 Å². The zero-order valence-electron chi connectivity index (χ0n) is 12.3. The molecule has 1 aliphatic heterocycles. The highest BCUT2D eigenvalue weighted by atomic mass is 35.5. The van der Waals surface area contributed by atoms with Crippen molar-refractivity contribution in [3.63, 3.8) is 0 Å². The van der Waals surface area contributed by atoms with Gasteiger partial charge in [0.15, 0.2) is 3.95 Å². The predicted octanol–water partition coefficient (Wildman–Crippen LogP) is 5.88. The molecule has 118 valence electrons. The molecule has 0 saturated heterocycles. The van der Waals surface area contributed by atoms with Crippen molar-refractivity contribution < 1.29 is 5.11 Å². The highest BCUT2D eigenvalue weighted by Gasteiger charge is 2.16. The number of aliphatic imine (C=N–C) groups is 1. The number of allylic oxidation sites excluding steroid dienone is 1. The molecule has 0 unspecified atom stereocenters. The van der Waals surface area contributed by atoms with Crippen molar-refractivity contribution in [3.05, 3.63) is 67.9 Å². The van der Waals surface area contributed by atoms with E-state index < -0.39 is 0 Å². The van der Waals surface area contributed by atoms with E-state index in [1.807, 2.05) is 42.5 Å². The fourth-order valence-corrected chi connectivity index (χ4v) is 4.02. The molecule has 2 heterocycles. The highest BCUT2D eigenvalue weighted by Crippen LogP contribution is 2.36. The number of hydrogen-bond acceptors (Lipinski definition) is 4. The largest absolute Gasteiger partial charge is 0.493 e. The molecule has 2 aromatic carbocycles. The molecule has 0 spiro atoms. The molecule has 0 fully saturated rings. The minimum atomic E-state index is 0.123. The van der Waals surface area contributed by atoms with Crippen LogP contribution in [0, 0.1) is 3.95 Å². The molecule has 0 amide bonds. The lowest BCUT2D eigenvalue weighted by Crippen LogP contribution is -1.92. The maximum absolute atomic E-state index is 10.6. The number of benzene rings is 2. The molecule has 1 aliphatic rings. The summed E-state index contributed by atoms with van der Waals surface area (Å²) in [4.78, 5) is 5.09. The second-order valence-corrected chi connectivity index (χ2v) is 7.35. The number of thiazole rings is 1. The van der Waals surface area contributed by atoms with Crippen molar-refractivity contribution in [2.75, 3.05) is 0 Å². The Morgan fingerprint density at radius 2 is 1.88 bits per heavy atom. The van der Waals surface area contributed by atoms with Crippen molar-refractivity contribution in [1.29, 1.82) is 0 Å². The fraction of sp³-hybridized carbons (Fsp3) is 0. The van der Waals surface area contributed by atoms with Crippen LogP contribution in [0.4, 0.5) is 5.69 Å². The third-order valence-electron chi connectivity index (χ3n) is 3.74. The molecule has 1 aromatic heterocycles. The van der Waals surface area contributed by atoms with Gasteiger partial charge < -0.3 is 5.11 Å². The molecule has 0 atom stereocenters. The van der Waals surface area contributed by atoms with Gasteiger partial charge in [0, 0.05) is 22.4 Å². The third-order valence-corrected chi connectivity index (χ3v) is 5.30. The summed E-state index contributed by atoms with van der Waals surface area (Å²) in [6.07, 6.45) is 3.72. The van der Waals surface area contributed by atoms with Gasteiger partial charge in [-0.25, -0.2) is 0 Å². The van der Waals surface area contributed by atoms with Gasteiger partial charge in [0.05, 0.1) is 16.3 Å². The quantitative estimate of drug-likeness (QED) is 0.571. The van der Waals surface area contributed by atoms with E-state index in [-0.39, 0.29) is 5.88 Å². The lowest BCUT2D eigenvalue weighted by molar-refractivity contribution is 0.441. The van der Waals surface area contributed by atoms with E-state index in [4.69, 9.17) is 23.8 Å². The summed E-state index contributed by atoms with van der Waals surface area (Å²) < 4.78 is 2.21. The molecule has 4 rings (SSSR count). The van der Waals surface area contributed by atoms with Crippen LogP contribution in [0.3, 0.4) is 0 Å². The Morgan fingerprint density at radius 1 is 1.12 bits per heavy atom. The average molecular weight is 371 g/mol. The van der Waals surface area contributed by atoms with Crippen LogP contribution in [0.25, 0.3) is 17.3 Å². The van der Waals surface area contributed by atoms with Crippen LogP contribution in [-0.4, -0.2) is 15.9 Å². The first kappa shape index (κ1) is 15.3. The Kier molecular flexibility index (Phi) is 3.84. The molecule has 6 heteroatoms. The van der Waals surface area contributed by atoms with E-state index in [1.165, 1.54) is 11.3 Å². The number of nitrogens with zero attached hydrogens (tertiary/aromatic N) is 2. The van der Waals surface area contributed by atoms with Crippen molar-refractivity contribution >= 4 is 58.7 Å². The first-order valence-corrected chi connectivity index (χ1v) is 8.80. The van der Waals surface area contributed by atoms with Crippen LogP contribution in [0.1, 0.15) is 10.4 Å². The van der Waals surface area contributed by atoms with Crippen molar-refractivity contribution in [1.82, 2.24) is 4.57 Å². The molecule has 1 N–H and O–H groups in total. The van der Waals surface area contributed by atoms with Crippen LogP contribution in [0.15, 0.2) is 53.5 Å². The second kappa shape index (κ2) is 6.02. The maximum Gasteiger partial charge on any atom is 0.215 e. The summed E-state index contributed by atoms with van der Waals surface area (Å²) in [5.74, 6) is 0.123. The molecular weight excluding hydrogens is 360 g/mol. The van der Waals surface area contributed by atoms with E-state index in [0.29, 0.717) is 13.9 Å². The first-order chi connectivity index (χ1) is 11.6. The molecule has 3 nitrogen and oxygen atoms in total. The van der Waals surface area contributed by atoms with Gasteiger partial charge in [-0.05, 0) is 48.6 Å². The van der Waals surface area contributed by atoms with E-state index in [1.54, 1.807) is 22.9 Å². The summed E-state index contributed by atoms with van der Waals surface area (Å²) >= 11 is 12.7. The summed E-state index contributed by atoms with van der Waals surface area (Å²) in [7, 11) is 0. The van der Waals surface area contributed by atoms with Crippen LogP contribution < -0.4 is 0 Å². The minimum Gasteiger partial charge on any atom is -0.493 e. The predicted molar refractivity (Wildman–Crippen MR) is 104 cm³/mol. The van der Waals surface area contributed by atoms with E-state index in [9.17, 15) is 5.11 Å². The Bertz CT molecular complexity index is 1050. The molecule has 24 heavy (non-hydrogen) atoms. The third kappa shape index (κ3) is 2.60. The molecule has 0 bridgehead atoms. The van der Waals surface area contributed by atoms with Gasteiger partial charge in [-0.1, -0.05) is 29.8 Å². The van der Waals surface area contributed by atoms with Gasteiger partial charge in [-0.3, -0.25) is 9.56 Å². The molecule has 3 aromatic rings. The Labute approximate surface area is 152 Å². The molecular formula is C18H11ClN2OS2. The van der Waals surface area contributed by atoms with Crippen molar-refractivity contribution in [2.45, 2.75) is 0 Å². The van der Waals surface area contributed by atoms with Crippen LogP contribution in [0.2, 0.25) is 5.02 Å². The Balaban J connectivity index is 1.81. The Morgan fingerprint density at radius 3 is 2.67 bits per heavy atom. The smallest absolute Gasteiger partial charge is 0.215 e. The van der Waals surface area contributed by atoms with Crippen molar-refractivity contribution in [3.8, 4) is 11.6 Å². The zero-order chi connectivity index (χ0) is 16.7. The molecule has 0 aliphatic carbocycles. The minimum absolute atomic E-state index is 0.123. The van der Waals surface area contributed by atoms with Crippen LogP contribution in [-0.2, 0) is 0 Å². The fourth-order valence-electron chi connectivity index (χ4n) is 2.59. The molecule has 0 radical (unpaired) electrons. The number of rotatable bonds is 2. The van der Waals surface area contributed by atoms with Crippen molar-refractivity contribution in [2.24, 2.45) is 4.99 Å². The van der Waals surface area contributed by atoms with E-state index in [0.717, 1.165) is 22.5 Å². The SMILES string of the molecule is Oc1c(C=C2C=Nc3ccccc32)sc(=S)n1-c1ccc(Cl)cc1. The van der Waals surface area contributed by atoms with Crippen LogP contribution in [0.5, 0.6) is 5.88 Å². The normalized spacial score (nSPS) is 14.3. The van der Waals surface area contributed by atoms with Gasteiger partial charge in [-0.15, -0.1) is 11.3 Å². The Hall–Kier alpha value is -2.21. The number of fused-ring (bicyclic) bond motifs is 1. The van der Waals surface area contributed by atoms with Gasteiger partial charge in [-0.2, -0.15) is 0 Å². The van der Waals surface area contributed by atoms with Crippen LogP contribution >= 0.6 is 35.2 Å². The van der Waals surface area contributed by atoms with E-state index >= 15 is 0 Å². The van der Waals surface area contributed by atoms with Gasteiger partial charge >= 0.3 is 0 Å². The lowest BCUT2D eigenvalue weighted by atomic mass is 10.1. The topological polar surface area (TPSA) is 37.5 Å². The van der Waals surface area contributed by atoms with Gasteiger partial charge in [0.1, 0.15) is 0 Å². The number of para-hydroxylation sites is 1. The zero-order valence-corrected chi connectivity index (χ0v) is 14.7. The van der Waals surface area contributed by atoms with Gasteiger partial charge in [0.2, 0.25) is 5.88 Å². The standard InChI is InChI=1S/C18H11ClN2OS2/c19-12-5-7-13(8-6-12)21-17(22)16(24-18(21)23)9-11-10-20-15-4-2-1-3-14(11)15/h1-10,22H. The maximum atomic E-state index is 10.6. The summed E-state index contributed by atoms with van der Waals surface area (Å²) in [6, 6.07) is 15.1. The summed E-state index contributed by atoms with van der Waals surface area (Å²) in [5, 5.41) is 11.3. The highest BCUT2D eigenvalue weighted by molar-refractivity contribution is 7.73. The second-order valence-electron chi connectivity index (χ2n) is 5.24.